The van der Waals surface area contributed by atoms with Crippen LogP contribution in [0.1, 0.15) is 5.69 Å². The maximum atomic E-state index is 12.8. The summed E-state index contributed by atoms with van der Waals surface area (Å²) in [5.74, 6) is 0. The topological polar surface area (TPSA) is 44.1 Å². The predicted octanol–water partition coefficient (Wildman–Crippen LogP) is 3.16. The lowest BCUT2D eigenvalue weighted by Crippen LogP contribution is -2.23. The molecule has 0 radical (unpaired) electrons. The van der Waals surface area contributed by atoms with Crippen LogP contribution in [0, 0.1) is 6.92 Å². The summed E-state index contributed by atoms with van der Waals surface area (Å²) in [6.45, 7) is 2.80. The van der Waals surface area contributed by atoms with Crippen molar-refractivity contribution in [2.45, 2.75) is 13.5 Å². The molecule has 0 saturated carbocycles. The molecule has 3 aromatic rings. The molecule has 108 valence electrons. The van der Waals surface area contributed by atoms with Gasteiger partial charge in [-0.05, 0) is 30.5 Å². The summed E-state index contributed by atoms with van der Waals surface area (Å²) in [6.07, 6.45) is 1.73. The Morgan fingerprint density at radius 2 is 2.10 bits per heavy atom. The fraction of sp³-hybridized carbons (Fsp3) is 0.250. The van der Waals surface area contributed by atoms with Crippen molar-refractivity contribution < 1.29 is 4.74 Å². The van der Waals surface area contributed by atoms with E-state index in [2.05, 4.69) is 4.98 Å². The highest BCUT2D eigenvalue weighted by Gasteiger charge is 2.13. The van der Waals surface area contributed by atoms with Crippen LogP contribution in [0.15, 0.2) is 35.3 Å². The molecular weight excluding hydrogens is 288 g/mol. The Morgan fingerprint density at radius 1 is 1.29 bits per heavy atom. The first-order valence-corrected chi connectivity index (χ1v) is 7.07. The van der Waals surface area contributed by atoms with E-state index < -0.39 is 0 Å². The number of aromatic nitrogens is 2. The summed E-state index contributed by atoms with van der Waals surface area (Å²) >= 11 is 6.10. The Morgan fingerprint density at radius 3 is 2.86 bits per heavy atom. The second-order valence-corrected chi connectivity index (χ2v) is 5.37. The smallest absolute Gasteiger partial charge is 0.260 e. The minimum Gasteiger partial charge on any atom is -0.383 e. The maximum Gasteiger partial charge on any atom is 0.260 e. The monoisotopic (exact) mass is 302 g/mol. The Hall–Kier alpha value is -1.91. The molecule has 0 aliphatic heterocycles. The minimum atomic E-state index is -0.0533. The van der Waals surface area contributed by atoms with E-state index in [1.54, 1.807) is 17.9 Å². The van der Waals surface area contributed by atoms with Crippen molar-refractivity contribution in [2.75, 3.05) is 13.7 Å². The zero-order valence-corrected chi connectivity index (χ0v) is 12.6. The van der Waals surface area contributed by atoms with E-state index in [1.165, 1.54) is 0 Å². The fourth-order valence-electron chi connectivity index (χ4n) is 2.67. The van der Waals surface area contributed by atoms with Crippen LogP contribution in [0.25, 0.3) is 21.7 Å². The van der Waals surface area contributed by atoms with Crippen molar-refractivity contribution in [1.82, 2.24) is 9.55 Å². The lowest BCUT2D eigenvalue weighted by Gasteiger charge is -2.14. The third-order valence-electron chi connectivity index (χ3n) is 3.66. The van der Waals surface area contributed by atoms with Gasteiger partial charge in [0.25, 0.3) is 5.56 Å². The van der Waals surface area contributed by atoms with Crippen LogP contribution in [0.4, 0.5) is 0 Å². The molecule has 21 heavy (non-hydrogen) atoms. The van der Waals surface area contributed by atoms with Gasteiger partial charge >= 0.3 is 0 Å². The molecule has 1 aromatic carbocycles. The molecule has 0 aliphatic rings. The normalized spacial score (nSPS) is 11.4. The molecule has 0 fully saturated rings. The van der Waals surface area contributed by atoms with Crippen molar-refractivity contribution in [3.63, 3.8) is 0 Å². The van der Waals surface area contributed by atoms with E-state index in [0.29, 0.717) is 23.6 Å². The molecule has 4 nitrogen and oxygen atoms in total. The van der Waals surface area contributed by atoms with Crippen LogP contribution in [-0.2, 0) is 11.3 Å². The predicted molar refractivity (Wildman–Crippen MR) is 85.1 cm³/mol. The lowest BCUT2D eigenvalue weighted by molar-refractivity contribution is 0.187. The molecule has 5 heteroatoms. The molecule has 0 bridgehead atoms. The fourth-order valence-corrected chi connectivity index (χ4v) is 2.83. The van der Waals surface area contributed by atoms with Gasteiger partial charge in [0.1, 0.15) is 0 Å². The van der Waals surface area contributed by atoms with E-state index >= 15 is 0 Å². The summed E-state index contributed by atoms with van der Waals surface area (Å²) in [5.41, 5.74) is 1.51. The van der Waals surface area contributed by atoms with Gasteiger partial charge in [0.05, 0.1) is 23.2 Å². The Balaban J connectivity index is 2.50. The average Bonchev–Trinajstić information content (AvgIpc) is 2.47. The summed E-state index contributed by atoms with van der Waals surface area (Å²) in [7, 11) is 1.62. The second-order valence-electron chi connectivity index (χ2n) is 4.93. The van der Waals surface area contributed by atoms with Gasteiger partial charge in [-0.15, -0.1) is 0 Å². The molecule has 0 saturated heterocycles. The number of methoxy groups -OCH3 is 1. The van der Waals surface area contributed by atoms with Gasteiger partial charge < -0.3 is 9.30 Å². The quantitative estimate of drug-likeness (QED) is 0.698. The second kappa shape index (κ2) is 5.47. The van der Waals surface area contributed by atoms with Crippen LogP contribution in [0.2, 0.25) is 5.02 Å². The lowest BCUT2D eigenvalue weighted by atomic mass is 10.1. The largest absolute Gasteiger partial charge is 0.383 e. The number of ether oxygens (including phenoxy) is 1. The van der Waals surface area contributed by atoms with E-state index in [0.717, 1.165) is 22.0 Å². The minimum absolute atomic E-state index is 0.0533. The number of hydrogen-bond donors (Lipinski definition) is 0. The molecule has 3 rings (SSSR count). The third-order valence-corrected chi connectivity index (χ3v) is 3.89. The number of aryl methyl sites for hydroxylation is 1. The summed E-state index contributed by atoms with van der Waals surface area (Å²) in [6, 6.07) is 7.48. The average molecular weight is 303 g/mol. The first-order chi connectivity index (χ1) is 10.1. The first-order valence-electron chi connectivity index (χ1n) is 6.70. The van der Waals surface area contributed by atoms with Gasteiger partial charge in [-0.25, -0.2) is 0 Å². The number of nitrogens with zero attached hydrogens (tertiary/aromatic N) is 2. The van der Waals surface area contributed by atoms with Crippen molar-refractivity contribution >= 4 is 33.3 Å². The van der Waals surface area contributed by atoms with Gasteiger partial charge in [0.2, 0.25) is 0 Å². The SMILES string of the molecule is COCCn1c(=O)c2c(C)nccc2c2ccc(Cl)cc21. The summed E-state index contributed by atoms with van der Waals surface area (Å²) < 4.78 is 6.82. The van der Waals surface area contributed by atoms with Crippen LogP contribution < -0.4 is 5.56 Å². The number of halogens is 1. The Bertz CT molecular complexity index is 887. The zero-order chi connectivity index (χ0) is 15.0. The molecule has 2 heterocycles. The molecular formula is C16H15ClN2O2. The highest BCUT2D eigenvalue weighted by Crippen LogP contribution is 2.26. The van der Waals surface area contributed by atoms with Crippen molar-refractivity contribution in [3.8, 4) is 0 Å². The molecule has 0 unspecified atom stereocenters. The highest BCUT2D eigenvalue weighted by atomic mass is 35.5. The first kappa shape index (κ1) is 14.0. The molecule has 0 amide bonds. The van der Waals surface area contributed by atoms with Gasteiger partial charge in [-0.3, -0.25) is 9.78 Å². The summed E-state index contributed by atoms with van der Waals surface area (Å²) in [5, 5.41) is 3.17. The number of pyridine rings is 2. The van der Waals surface area contributed by atoms with Crippen LogP contribution in [-0.4, -0.2) is 23.3 Å². The Labute approximate surface area is 126 Å². The molecule has 0 spiro atoms. The van der Waals surface area contributed by atoms with E-state index in [-0.39, 0.29) is 5.56 Å². The van der Waals surface area contributed by atoms with Crippen molar-refractivity contribution in [3.05, 3.63) is 51.5 Å². The van der Waals surface area contributed by atoms with E-state index in [4.69, 9.17) is 16.3 Å². The van der Waals surface area contributed by atoms with Gasteiger partial charge in [0.15, 0.2) is 0 Å². The molecule has 0 atom stereocenters. The number of rotatable bonds is 3. The van der Waals surface area contributed by atoms with Crippen molar-refractivity contribution in [1.29, 1.82) is 0 Å². The van der Waals surface area contributed by atoms with Gasteiger partial charge in [0, 0.05) is 30.3 Å². The Kier molecular flexibility index (Phi) is 3.66. The number of benzene rings is 1. The van der Waals surface area contributed by atoms with Crippen LogP contribution in [0.5, 0.6) is 0 Å². The standard InChI is InChI=1S/C16H15ClN2O2/c1-10-15-13(5-6-18-10)12-4-3-11(17)9-14(12)19(16(15)20)7-8-21-2/h3-6,9H,7-8H2,1-2H3. The van der Waals surface area contributed by atoms with Crippen LogP contribution >= 0.6 is 11.6 Å². The zero-order valence-electron chi connectivity index (χ0n) is 11.9. The molecule has 0 N–H and O–H groups in total. The van der Waals surface area contributed by atoms with Gasteiger partial charge in [-0.1, -0.05) is 17.7 Å². The molecule has 2 aromatic heterocycles. The van der Waals surface area contributed by atoms with Crippen LogP contribution in [0.3, 0.4) is 0 Å². The summed E-state index contributed by atoms with van der Waals surface area (Å²) in [4.78, 5) is 17.0. The molecule has 0 aliphatic carbocycles. The van der Waals surface area contributed by atoms with E-state index in [9.17, 15) is 4.79 Å². The van der Waals surface area contributed by atoms with Gasteiger partial charge in [-0.2, -0.15) is 0 Å². The highest BCUT2D eigenvalue weighted by molar-refractivity contribution is 6.31. The third kappa shape index (κ3) is 2.30. The number of hydrogen-bond acceptors (Lipinski definition) is 3. The van der Waals surface area contributed by atoms with E-state index in [1.807, 2.05) is 31.2 Å². The maximum absolute atomic E-state index is 12.8. The van der Waals surface area contributed by atoms with Crippen molar-refractivity contribution in [2.24, 2.45) is 0 Å². The number of fused-ring (bicyclic) bond motifs is 3.